The lowest BCUT2D eigenvalue weighted by Gasteiger charge is -2.27. The summed E-state index contributed by atoms with van der Waals surface area (Å²) in [4.78, 5) is 23.4. The number of carbonyl (C=O) groups excluding carboxylic acids is 1. The van der Waals surface area contributed by atoms with E-state index in [0.29, 0.717) is 31.1 Å². The Labute approximate surface area is 190 Å². The third kappa shape index (κ3) is 5.44. The zero-order valence-corrected chi connectivity index (χ0v) is 19.1. The van der Waals surface area contributed by atoms with Crippen LogP contribution in [0.5, 0.6) is 0 Å². The lowest BCUT2D eigenvalue weighted by atomic mass is 10.0. The Kier molecular flexibility index (Phi) is 7.68. The van der Waals surface area contributed by atoms with Crippen LogP contribution in [0.3, 0.4) is 0 Å². The standard InChI is InChI=1S/C22H23BrN4O2.CH3N/c1-29-20(28)10-8-16-13-27(22(24)14-5-6-14)19-9-7-15(23)12-17(19)21(26-16)18-4-2-3-11-25-18;1-2/h2-4,7,9,11-12,14,16,24H,5-6,8,10,13H2,1H3;2H,1H2/t16-;/m0./s1. The quantitative estimate of drug-likeness (QED) is 0.371. The van der Waals surface area contributed by atoms with Gasteiger partial charge in [-0.25, -0.2) is 0 Å². The summed E-state index contributed by atoms with van der Waals surface area (Å²) in [5.74, 6) is 0.700. The summed E-state index contributed by atoms with van der Waals surface area (Å²) in [6.45, 7) is 3.07. The molecule has 0 saturated heterocycles. The van der Waals surface area contributed by atoms with Crippen molar-refractivity contribution in [1.29, 1.82) is 10.8 Å². The lowest BCUT2D eigenvalue weighted by Crippen LogP contribution is -2.37. The fraction of sp³-hybridized carbons (Fsp3) is 0.348. The van der Waals surface area contributed by atoms with Crippen molar-refractivity contribution < 1.29 is 9.53 Å². The zero-order valence-electron chi connectivity index (χ0n) is 17.5. The second kappa shape index (κ2) is 10.4. The zero-order chi connectivity index (χ0) is 22.4. The Morgan fingerprint density at radius 2 is 2.06 bits per heavy atom. The highest BCUT2D eigenvalue weighted by atomic mass is 79.9. The first kappa shape index (κ1) is 22.8. The van der Waals surface area contributed by atoms with E-state index in [1.54, 1.807) is 6.20 Å². The van der Waals surface area contributed by atoms with Gasteiger partial charge in [-0.05, 0) is 56.3 Å². The van der Waals surface area contributed by atoms with Crippen molar-refractivity contribution in [1.82, 2.24) is 4.98 Å². The number of pyridine rings is 1. The molecule has 0 spiro atoms. The summed E-state index contributed by atoms with van der Waals surface area (Å²) in [5.41, 5.74) is 3.50. The van der Waals surface area contributed by atoms with Crippen molar-refractivity contribution in [2.45, 2.75) is 31.7 Å². The molecule has 2 aromatic rings. The minimum absolute atomic E-state index is 0.142. The number of carbonyl (C=O) groups is 1. The number of hydrogen-bond donors (Lipinski definition) is 2. The molecule has 1 aromatic carbocycles. The van der Waals surface area contributed by atoms with E-state index in [1.165, 1.54) is 7.11 Å². The Morgan fingerprint density at radius 1 is 1.29 bits per heavy atom. The number of amidine groups is 1. The highest BCUT2D eigenvalue weighted by Gasteiger charge is 2.35. The van der Waals surface area contributed by atoms with Crippen LogP contribution in [0.2, 0.25) is 0 Å². The number of rotatable bonds is 5. The van der Waals surface area contributed by atoms with Gasteiger partial charge in [0, 0.05) is 35.1 Å². The maximum Gasteiger partial charge on any atom is 0.305 e. The number of nitrogens with zero attached hydrogens (tertiary/aromatic N) is 3. The fourth-order valence-corrected chi connectivity index (χ4v) is 3.95. The normalized spacial score (nSPS) is 17.4. The second-order valence-corrected chi connectivity index (χ2v) is 8.31. The molecule has 1 aliphatic carbocycles. The SMILES string of the molecule is C=N.COC(=O)CC[C@H]1CN(C(=N)C2CC2)c2ccc(Br)cc2C(c2ccccn2)=N1. The van der Waals surface area contributed by atoms with Gasteiger partial charge in [-0.1, -0.05) is 22.0 Å². The van der Waals surface area contributed by atoms with Crippen LogP contribution >= 0.6 is 15.9 Å². The molecule has 4 rings (SSSR count). The van der Waals surface area contributed by atoms with Gasteiger partial charge in [0.2, 0.25) is 0 Å². The van der Waals surface area contributed by atoms with Gasteiger partial charge >= 0.3 is 5.97 Å². The molecule has 0 amide bonds. The van der Waals surface area contributed by atoms with Gasteiger partial charge in [0.1, 0.15) is 5.84 Å². The van der Waals surface area contributed by atoms with Crippen LogP contribution in [-0.4, -0.2) is 48.9 Å². The van der Waals surface area contributed by atoms with Gasteiger partial charge in [-0.2, -0.15) is 0 Å². The molecule has 0 bridgehead atoms. The van der Waals surface area contributed by atoms with Gasteiger partial charge in [0.25, 0.3) is 0 Å². The summed E-state index contributed by atoms with van der Waals surface area (Å²) in [5, 5.41) is 14.3. The van der Waals surface area contributed by atoms with Gasteiger partial charge < -0.3 is 15.0 Å². The van der Waals surface area contributed by atoms with Crippen LogP contribution < -0.4 is 4.90 Å². The van der Waals surface area contributed by atoms with Crippen LogP contribution in [0, 0.1) is 16.7 Å². The summed E-state index contributed by atoms with van der Waals surface area (Å²) >= 11 is 3.58. The molecular formula is C23H26BrN5O2. The molecule has 2 aliphatic rings. The summed E-state index contributed by atoms with van der Waals surface area (Å²) in [6, 6.07) is 11.7. The fourth-order valence-electron chi connectivity index (χ4n) is 3.59. The summed E-state index contributed by atoms with van der Waals surface area (Å²) in [7, 11) is 1.40. The van der Waals surface area contributed by atoms with Gasteiger partial charge in [0.15, 0.2) is 0 Å². The number of anilines is 1. The molecule has 1 fully saturated rings. The smallest absolute Gasteiger partial charge is 0.305 e. The average Bonchev–Trinajstić information content (AvgIpc) is 3.66. The number of halogens is 1. The van der Waals surface area contributed by atoms with Crippen molar-refractivity contribution >= 4 is 45.9 Å². The largest absolute Gasteiger partial charge is 0.469 e. The van der Waals surface area contributed by atoms with Crippen LogP contribution in [0.4, 0.5) is 5.69 Å². The van der Waals surface area contributed by atoms with E-state index < -0.39 is 0 Å². The number of aliphatic imine (C=N–C) groups is 1. The Balaban J connectivity index is 0.00000132. The van der Waals surface area contributed by atoms with E-state index in [4.69, 9.17) is 20.5 Å². The van der Waals surface area contributed by atoms with Crippen LogP contribution in [0.1, 0.15) is 36.9 Å². The maximum atomic E-state index is 11.7. The van der Waals surface area contributed by atoms with Crippen LogP contribution in [0.15, 0.2) is 52.1 Å². The van der Waals surface area contributed by atoms with E-state index in [-0.39, 0.29) is 12.0 Å². The number of ether oxygens (including phenoxy) is 1. The van der Waals surface area contributed by atoms with Crippen molar-refractivity contribution in [2.24, 2.45) is 10.9 Å². The van der Waals surface area contributed by atoms with Crippen molar-refractivity contribution in [2.75, 3.05) is 18.6 Å². The molecule has 2 N–H and O–H groups in total. The topological polar surface area (TPSA) is 102 Å². The third-order valence-corrected chi connectivity index (χ3v) is 5.77. The van der Waals surface area contributed by atoms with E-state index in [9.17, 15) is 4.79 Å². The first-order chi connectivity index (χ1) is 15.1. The molecule has 2 heterocycles. The lowest BCUT2D eigenvalue weighted by molar-refractivity contribution is -0.140. The van der Waals surface area contributed by atoms with Crippen LogP contribution in [-0.2, 0) is 9.53 Å². The number of fused-ring (bicyclic) bond motifs is 1. The van der Waals surface area contributed by atoms with Crippen molar-refractivity contribution in [3.8, 4) is 0 Å². The number of methoxy groups -OCH3 is 1. The summed E-state index contributed by atoms with van der Waals surface area (Å²) < 4.78 is 5.77. The van der Waals surface area contributed by atoms with E-state index in [1.807, 2.05) is 36.4 Å². The highest BCUT2D eigenvalue weighted by molar-refractivity contribution is 9.10. The number of nitrogens with one attached hydrogen (secondary N) is 2. The molecular weight excluding hydrogens is 458 g/mol. The second-order valence-electron chi connectivity index (χ2n) is 7.39. The molecule has 1 saturated carbocycles. The monoisotopic (exact) mass is 483 g/mol. The average molecular weight is 484 g/mol. The molecule has 8 heteroatoms. The molecule has 7 nitrogen and oxygen atoms in total. The first-order valence-corrected chi connectivity index (χ1v) is 10.9. The van der Waals surface area contributed by atoms with Crippen LogP contribution in [0.25, 0.3) is 0 Å². The Hall–Kier alpha value is -2.87. The number of benzene rings is 1. The van der Waals surface area contributed by atoms with E-state index in [2.05, 4.69) is 32.5 Å². The van der Waals surface area contributed by atoms with E-state index in [0.717, 1.165) is 40.0 Å². The Bertz CT molecular complexity index is 975. The highest BCUT2D eigenvalue weighted by Crippen LogP contribution is 2.37. The molecule has 0 radical (unpaired) electrons. The third-order valence-electron chi connectivity index (χ3n) is 5.28. The molecule has 1 aliphatic heterocycles. The molecule has 1 atom stereocenters. The first-order valence-electron chi connectivity index (χ1n) is 10.1. The molecule has 162 valence electrons. The number of esters is 1. The number of hydrogen-bond acceptors (Lipinski definition) is 6. The molecule has 0 unspecified atom stereocenters. The minimum Gasteiger partial charge on any atom is -0.469 e. The van der Waals surface area contributed by atoms with Crippen molar-refractivity contribution in [3.05, 3.63) is 58.3 Å². The predicted octanol–water partition coefficient (Wildman–Crippen LogP) is 4.48. The molecule has 31 heavy (non-hydrogen) atoms. The summed E-state index contributed by atoms with van der Waals surface area (Å²) in [6.07, 6.45) is 4.73. The number of benzodiazepines with no additional fused rings is 1. The Morgan fingerprint density at radius 3 is 2.71 bits per heavy atom. The predicted molar refractivity (Wildman–Crippen MR) is 127 cm³/mol. The molecule has 1 aromatic heterocycles. The van der Waals surface area contributed by atoms with Crippen molar-refractivity contribution in [3.63, 3.8) is 0 Å². The minimum atomic E-state index is -0.243. The number of aromatic nitrogens is 1. The van der Waals surface area contributed by atoms with E-state index >= 15 is 0 Å². The van der Waals surface area contributed by atoms with Gasteiger partial charge in [-0.15, -0.1) is 0 Å². The maximum absolute atomic E-state index is 11.7. The van der Waals surface area contributed by atoms with Gasteiger partial charge in [-0.3, -0.25) is 20.2 Å². The van der Waals surface area contributed by atoms with Gasteiger partial charge in [0.05, 0.1) is 30.2 Å².